The lowest BCUT2D eigenvalue weighted by Gasteiger charge is -2.29. The van der Waals surface area contributed by atoms with E-state index in [1.54, 1.807) is 24.3 Å². The molecule has 2 amide bonds. The van der Waals surface area contributed by atoms with Crippen LogP contribution in [-0.2, 0) is 0 Å². The van der Waals surface area contributed by atoms with E-state index in [1.807, 2.05) is 0 Å². The highest BCUT2D eigenvalue weighted by atomic mass is 79.9. The number of rotatable bonds is 4. The number of carbonyl (C=O) groups excluding carboxylic acids is 2. The molecule has 1 aromatic rings. The predicted octanol–water partition coefficient (Wildman–Crippen LogP) is 3.69. The normalized spacial score (nSPS) is 19.3. The van der Waals surface area contributed by atoms with Crippen LogP contribution in [-0.4, -0.2) is 21.7 Å². The second-order valence-electron chi connectivity index (χ2n) is 5.14. The Labute approximate surface area is 122 Å². The molecule has 3 unspecified atom stereocenters. The van der Waals surface area contributed by atoms with Crippen LogP contribution >= 0.6 is 15.9 Å². The van der Waals surface area contributed by atoms with Crippen LogP contribution in [0.1, 0.15) is 47.9 Å². The lowest BCUT2D eigenvalue weighted by Crippen LogP contribution is -2.41. The molecule has 0 aromatic heterocycles. The van der Waals surface area contributed by atoms with Gasteiger partial charge >= 0.3 is 0 Å². The summed E-state index contributed by atoms with van der Waals surface area (Å²) in [4.78, 5) is 25.8. The Morgan fingerprint density at radius 3 is 2.00 bits per heavy atom. The molecule has 102 valence electrons. The Morgan fingerprint density at radius 1 is 1.11 bits per heavy atom. The van der Waals surface area contributed by atoms with Crippen molar-refractivity contribution in [2.45, 2.75) is 32.1 Å². The van der Waals surface area contributed by atoms with E-state index in [0.29, 0.717) is 17.0 Å². The van der Waals surface area contributed by atoms with E-state index in [-0.39, 0.29) is 22.7 Å². The van der Waals surface area contributed by atoms with Crippen molar-refractivity contribution in [3.8, 4) is 0 Å². The van der Waals surface area contributed by atoms with E-state index in [1.165, 1.54) is 4.90 Å². The Kier molecular flexibility index (Phi) is 4.09. The lowest BCUT2D eigenvalue weighted by molar-refractivity contribution is 0.0594. The quantitative estimate of drug-likeness (QED) is 0.481. The zero-order valence-corrected chi connectivity index (χ0v) is 13.0. The maximum absolute atomic E-state index is 12.3. The molecule has 3 nitrogen and oxygen atoms in total. The average Bonchev–Trinajstić information content (AvgIpc) is 2.69. The summed E-state index contributed by atoms with van der Waals surface area (Å²) in [6.07, 6.45) is 1.02. The molecule has 0 N–H and O–H groups in total. The average molecular weight is 324 g/mol. The fraction of sp³-hybridized carbons (Fsp3) is 0.467. The SMILES string of the molecule is CCC(C)C(C)C(Br)N1C(=O)c2ccccc2C1=O. The van der Waals surface area contributed by atoms with Gasteiger partial charge < -0.3 is 0 Å². The van der Waals surface area contributed by atoms with Crippen LogP contribution in [0.2, 0.25) is 0 Å². The molecule has 0 bridgehead atoms. The number of amides is 2. The zero-order valence-electron chi connectivity index (χ0n) is 11.4. The molecule has 0 saturated heterocycles. The van der Waals surface area contributed by atoms with Crippen LogP contribution in [0.5, 0.6) is 0 Å². The topological polar surface area (TPSA) is 37.4 Å². The first kappa shape index (κ1) is 14.3. The van der Waals surface area contributed by atoms with E-state index in [9.17, 15) is 9.59 Å². The third-order valence-corrected chi connectivity index (χ3v) is 5.29. The Morgan fingerprint density at radius 2 is 1.58 bits per heavy atom. The van der Waals surface area contributed by atoms with Gasteiger partial charge in [0.15, 0.2) is 0 Å². The summed E-state index contributed by atoms with van der Waals surface area (Å²) in [6, 6.07) is 7.00. The van der Waals surface area contributed by atoms with Crippen molar-refractivity contribution < 1.29 is 9.59 Å². The van der Waals surface area contributed by atoms with E-state index in [4.69, 9.17) is 0 Å². The molecule has 0 radical (unpaired) electrons. The first-order valence-electron chi connectivity index (χ1n) is 6.60. The molecule has 0 aliphatic carbocycles. The third-order valence-electron chi connectivity index (χ3n) is 4.05. The van der Waals surface area contributed by atoms with Gasteiger partial charge in [-0.25, -0.2) is 0 Å². The minimum Gasteiger partial charge on any atom is -0.269 e. The minimum atomic E-state index is -0.255. The van der Waals surface area contributed by atoms with Gasteiger partial charge in [-0.05, 0) is 24.0 Å². The second kappa shape index (κ2) is 5.45. The molecule has 1 aliphatic heterocycles. The van der Waals surface area contributed by atoms with Crippen molar-refractivity contribution >= 4 is 27.7 Å². The van der Waals surface area contributed by atoms with Gasteiger partial charge in [-0.2, -0.15) is 0 Å². The van der Waals surface area contributed by atoms with Gasteiger partial charge in [0.25, 0.3) is 11.8 Å². The van der Waals surface area contributed by atoms with Crippen molar-refractivity contribution in [1.29, 1.82) is 0 Å². The minimum absolute atomic E-state index is 0.197. The molecule has 0 saturated carbocycles. The second-order valence-corrected chi connectivity index (χ2v) is 6.08. The zero-order chi connectivity index (χ0) is 14.2. The molecule has 0 fully saturated rings. The molecule has 3 atom stereocenters. The molecule has 19 heavy (non-hydrogen) atoms. The van der Waals surface area contributed by atoms with Gasteiger partial charge in [-0.1, -0.05) is 55.3 Å². The molecule has 0 spiro atoms. The van der Waals surface area contributed by atoms with E-state index in [2.05, 4.69) is 36.7 Å². The maximum atomic E-state index is 12.3. The third kappa shape index (κ3) is 2.34. The van der Waals surface area contributed by atoms with E-state index in [0.717, 1.165) is 6.42 Å². The van der Waals surface area contributed by atoms with Crippen molar-refractivity contribution in [1.82, 2.24) is 4.90 Å². The molecule has 4 heteroatoms. The summed E-state index contributed by atoms with van der Waals surface area (Å²) in [6.45, 7) is 6.32. The van der Waals surface area contributed by atoms with E-state index < -0.39 is 0 Å². The summed E-state index contributed by atoms with van der Waals surface area (Å²) in [5, 5.41) is 0. The molecule has 1 aliphatic rings. The smallest absolute Gasteiger partial charge is 0.262 e. The molecule has 1 aromatic carbocycles. The number of hydrogen-bond donors (Lipinski definition) is 0. The van der Waals surface area contributed by atoms with Gasteiger partial charge in [0, 0.05) is 0 Å². The number of benzene rings is 1. The van der Waals surface area contributed by atoms with E-state index >= 15 is 0 Å². The fourth-order valence-corrected chi connectivity index (χ4v) is 3.20. The van der Waals surface area contributed by atoms with Gasteiger partial charge in [-0.3, -0.25) is 14.5 Å². The maximum Gasteiger partial charge on any atom is 0.262 e. The standard InChI is InChI=1S/C15H18BrNO2/c1-4-9(2)10(3)13(16)17-14(18)11-7-5-6-8-12(11)15(17)19/h5-10,13H,4H2,1-3H3. The first-order chi connectivity index (χ1) is 8.99. The number of halogens is 1. The number of imide groups is 1. The molecule has 1 heterocycles. The van der Waals surface area contributed by atoms with Crippen molar-refractivity contribution in [3.63, 3.8) is 0 Å². The van der Waals surface area contributed by atoms with Gasteiger partial charge in [0.2, 0.25) is 0 Å². The largest absolute Gasteiger partial charge is 0.269 e. The summed E-state index contributed by atoms with van der Waals surface area (Å²) >= 11 is 3.54. The van der Waals surface area contributed by atoms with Crippen molar-refractivity contribution in [2.24, 2.45) is 11.8 Å². The Bertz CT molecular complexity index is 480. The highest BCUT2D eigenvalue weighted by molar-refractivity contribution is 9.09. The summed E-state index contributed by atoms with van der Waals surface area (Å²) in [5.41, 5.74) is 1.02. The van der Waals surface area contributed by atoms with Crippen LogP contribution in [0.3, 0.4) is 0 Å². The van der Waals surface area contributed by atoms with Gasteiger partial charge in [-0.15, -0.1) is 0 Å². The van der Waals surface area contributed by atoms with Crippen LogP contribution in [0.25, 0.3) is 0 Å². The number of nitrogens with zero attached hydrogens (tertiary/aromatic N) is 1. The first-order valence-corrected chi connectivity index (χ1v) is 7.51. The summed E-state index contributed by atoms with van der Waals surface area (Å²) in [7, 11) is 0. The monoisotopic (exact) mass is 323 g/mol. The van der Waals surface area contributed by atoms with Gasteiger partial charge in [0.1, 0.15) is 0 Å². The predicted molar refractivity (Wildman–Crippen MR) is 78.3 cm³/mol. The highest BCUT2D eigenvalue weighted by Crippen LogP contribution is 2.32. The van der Waals surface area contributed by atoms with Crippen molar-refractivity contribution in [2.75, 3.05) is 0 Å². The molecule has 2 rings (SSSR count). The summed E-state index contributed by atoms with van der Waals surface area (Å²) < 4.78 is 0. The number of carbonyl (C=O) groups is 2. The number of hydrogen-bond acceptors (Lipinski definition) is 2. The van der Waals surface area contributed by atoms with Crippen LogP contribution < -0.4 is 0 Å². The number of alkyl halides is 1. The highest BCUT2D eigenvalue weighted by Gasteiger charge is 2.41. The van der Waals surface area contributed by atoms with Crippen molar-refractivity contribution in [3.05, 3.63) is 35.4 Å². The summed E-state index contributed by atoms with van der Waals surface area (Å²) in [5.74, 6) is 0.260. The Hall–Kier alpha value is -1.16. The van der Waals surface area contributed by atoms with Crippen LogP contribution in [0.15, 0.2) is 24.3 Å². The lowest BCUT2D eigenvalue weighted by atomic mass is 9.93. The van der Waals surface area contributed by atoms with Crippen LogP contribution in [0.4, 0.5) is 0 Å². The molecular weight excluding hydrogens is 306 g/mol. The number of fused-ring (bicyclic) bond motifs is 1. The Balaban J connectivity index is 2.29. The van der Waals surface area contributed by atoms with Crippen LogP contribution in [0, 0.1) is 11.8 Å². The molecular formula is C15H18BrNO2. The fourth-order valence-electron chi connectivity index (χ4n) is 2.31. The van der Waals surface area contributed by atoms with Gasteiger partial charge in [0.05, 0.1) is 16.1 Å².